The van der Waals surface area contributed by atoms with Crippen LogP contribution in [0.2, 0.25) is 0 Å². The van der Waals surface area contributed by atoms with Crippen molar-refractivity contribution in [2.24, 2.45) is 34.5 Å². The molecule has 33 heteroatoms. The topological polar surface area (TPSA) is 452 Å². The lowest BCUT2D eigenvalue weighted by molar-refractivity contribution is -0.144. The molecule has 5 heterocycles. The molecule has 2 bridgehead atoms. The van der Waals surface area contributed by atoms with E-state index in [4.69, 9.17) is 34.9 Å². The zero-order valence-electron chi connectivity index (χ0n) is 52.4. The number of benzene rings is 1. The van der Waals surface area contributed by atoms with Gasteiger partial charge in [0.05, 0.1) is 133 Å². The molecule has 4 aliphatic rings. The van der Waals surface area contributed by atoms with Crippen LogP contribution in [-0.4, -0.2) is 246 Å². The number of rotatable bonds is 26. The summed E-state index contributed by atoms with van der Waals surface area (Å²) < 4.78 is 43.2. The Morgan fingerprint density at radius 1 is 0.870 bits per heavy atom. The number of azide groups is 1. The molecule has 4 aliphatic heterocycles. The summed E-state index contributed by atoms with van der Waals surface area (Å²) in [5.41, 5.74) is 15.1. The number of hydrogen-bond acceptors (Lipinski definition) is 21. The molecule has 2 saturated heterocycles. The molecule has 92 heavy (non-hydrogen) atoms. The maximum absolute atomic E-state index is 15.4. The molecular formula is C59H88N12O19S2. The maximum Gasteiger partial charge on any atom is 0.246 e. The van der Waals surface area contributed by atoms with Crippen LogP contribution in [-0.2, 0) is 89.9 Å². The largest absolute Gasteiger partial charge is 0.496 e. The molecule has 0 saturated carbocycles. The van der Waals surface area contributed by atoms with Gasteiger partial charge in [-0.25, -0.2) is 0 Å². The number of nitrogens with zero attached hydrogens (tertiary/aromatic N) is 5. The van der Waals surface area contributed by atoms with Crippen LogP contribution < -0.4 is 37.1 Å². The average molecular weight is 1330 g/mol. The van der Waals surface area contributed by atoms with Crippen molar-refractivity contribution in [2.75, 3.05) is 112 Å². The number of fused-ring (bicyclic) bond motifs is 5. The van der Waals surface area contributed by atoms with Crippen LogP contribution in [0.5, 0.6) is 5.75 Å². The molecule has 8 amide bonds. The van der Waals surface area contributed by atoms with Gasteiger partial charge in [-0.05, 0) is 48.4 Å². The molecule has 1 aromatic carbocycles. The Morgan fingerprint density at radius 2 is 1.53 bits per heavy atom. The molecule has 11 N–H and O–H groups in total. The van der Waals surface area contributed by atoms with Crippen molar-refractivity contribution in [1.82, 2.24) is 41.4 Å². The van der Waals surface area contributed by atoms with Gasteiger partial charge in [0.2, 0.25) is 47.3 Å². The number of likely N-dealkylation sites (tertiary alicyclic amines) is 1. The number of ketones is 2. The minimum Gasteiger partial charge on any atom is -0.496 e. The first kappa shape index (κ1) is 74.2. The highest BCUT2D eigenvalue weighted by molar-refractivity contribution is 7.99. The van der Waals surface area contributed by atoms with E-state index in [9.17, 15) is 58.5 Å². The van der Waals surface area contributed by atoms with Crippen molar-refractivity contribution in [3.05, 3.63) is 33.7 Å². The summed E-state index contributed by atoms with van der Waals surface area (Å²) in [4.78, 5) is 150. The highest BCUT2D eigenvalue weighted by atomic mass is 32.2. The van der Waals surface area contributed by atoms with Gasteiger partial charge in [-0.2, -0.15) is 11.8 Å². The molecule has 6 rings (SSSR count). The standard InChI is InChI=1S/C59H88N12O19S2/c1-5-33(2)40-24-36(73)27-62-54(80)35-22-41-39-6-7-48(86-4)42(31-91-38-8-12-70(13-9-38)51(79)10-14-87-16-18-89-20-21-90-19-17-88-15-11-64-69-61)53(39)68-58(41)92(85)32-44(65-50(78)28-63-55(40)81)56(82)66-43(26-49(60)77)59(84)71-29-37(74)25-45(71)57(83)67-52(46(75)23-35)34(3)47(76)30-72/h6-7,33-35,37-38,40,43-45,47,52,68,72,74,76H,5,8-32H2,1-4H3,(H2,60,77)(H,62,80)(H,63,81)(H,65,78)(H,66,82)(H,67,83)/t33-,34-,35+,37+,40-,43-,44-,45-,47-,52-,92?/m0/s1. The highest BCUT2D eigenvalue weighted by Gasteiger charge is 2.45. The summed E-state index contributed by atoms with van der Waals surface area (Å²) in [5.74, 6) is -12.6. The second-order valence-electron chi connectivity index (χ2n) is 23.2. The molecule has 2 fully saturated rings. The maximum atomic E-state index is 15.4. The Balaban J connectivity index is 1.32. The summed E-state index contributed by atoms with van der Waals surface area (Å²) in [5, 5.41) is 48.5. The number of nitrogens with one attached hydrogen (secondary N) is 6. The summed E-state index contributed by atoms with van der Waals surface area (Å²) in [6, 6.07) is -3.63. The van der Waals surface area contributed by atoms with Crippen LogP contribution in [0.4, 0.5) is 0 Å². The van der Waals surface area contributed by atoms with Crippen molar-refractivity contribution in [3.8, 4) is 5.75 Å². The number of amides is 8. The van der Waals surface area contributed by atoms with E-state index in [-0.39, 0.29) is 60.1 Å². The van der Waals surface area contributed by atoms with Gasteiger partial charge in [-0.1, -0.05) is 32.3 Å². The molecule has 0 spiro atoms. The van der Waals surface area contributed by atoms with Crippen molar-refractivity contribution in [2.45, 2.75) is 131 Å². The predicted molar refractivity (Wildman–Crippen MR) is 332 cm³/mol. The number of aliphatic hydroxyl groups excluding tert-OH is 3. The van der Waals surface area contributed by atoms with Crippen LogP contribution in [0.25, 0.3) is 21.3 Å². The quantitative estimate of drug-likeness (QED) is 0.0223. The number of primary amides is 1. The second kappa shape index (κ2) is 37.2. The summed E-state index contributed by atoms with van der Waals surface area (Å²) in [6.07, 6.45) is -3.94. The van der Waals surface area contributed by atoms with E-state index < -0.39 is 181 Å². The van der Waals surface area contributed by atoms with Crippen molar-refractivity contribution in [3.63, 3.8) is 0 Å². The Hall–Kier alpha value is -6.81. The Labute approximate surface area is 539 Å². The summed E-state index contributed by atoms with van der Waals surface area (Å²) in [6.45, 7) is 5.85. The van der Waals surface area contributed by atoms with Crippen LogP contribution in [0.15, 0.2) is 22.3 Å². The molecular weight excluding hydrogens is 1240 g/mol. The number of ether oxygens (including phenoxy) is 5. The molecule has 1 aromatic heterocycles. The van der Waals surface area contributed by atoms with Gasteiger partial charge in [0, 0.05) is 90.1 Å². The van der Waals surface area contributed by atoms with Gasteiger partial charge in [0.25, 0.3) is 0 Å². The second-order valence-corrected chi connectivity index (χ2v) is 26.0. The van der Waals surface area contributed by atoms with Gasteiger partial charge in [0.15, 0.2) is 11.6 Å². The fraction of sp³-hybridized carbons (Fsp3) is 0.695. The molecule has 0 aliphatic carbocycles. The first-order chi connectivity index (χ1) is 44.1. The average Bonchev–Trinajstić information content (AvgIpc) is 1.61. The molecule has 1 unspecified atom stereocenters. The SMILES string of the molecule is CC[C@H](C)[C@@H]1CC(=O)CNC(=O)[C@H]2CC(=O)[C@H]([C@@H](C)[C@@H](O)CO)NC(=O)[C@@H]3C[C@@H](O)CN3C(=O)[C@H](CC(N)=O)NC(=O)[C@H](CS(=O)c3[nH]c4c(CSC5CCN(C(=O)CCOCCOCCOCCOCCN=[N+]=[N-])CC5)c(OC)ccc4c3C2)NC(=O)CNC1=O. The van der Waals surface area contributed by atoms with Gasteiger partial charge >= 0.3 is 0 Å². The van der Waals surface area contributed by atoms with Crippen molar-refractivity contribution in [1.29, 1.82) is 0 Å². The third-order valence-electron chi connectivity index (χ3n) is 16.9. The number of carbonyl (C=O) groups is 10. The lowest BCUT2D eigenvalue weighted by atomic mass is 9.85. The molecule has 0 radical (unpaired) electrons. The van der Waals surface area contributed by atoms with E-state index >= 15 is 9.00 Å². The number of aromatic nitrogens is 1. The van der Waals surface area contributed by atoms with E-state index in [1.165, 1.54) is 14.0 Å². The lowest BCUT2D eigenvalue weighted by Gasteiger charge is -2.32. The number of H-pyrrole nitrogens is 1. The third kappa shape index (κ3) is 21.4. The number of thioether (sulfide) groups is 1. The number of aromatic amines is 1. The Morgan fingerprint density at radius 3 is 2.17 bits per heavy atom. The van der Waals surface area contributed by atoms with Gasteiger partial charge in [-0.15, -0.1) is 0 Å². The van der Waals surface area contributed by atoms with Crippen LogP contribution in [0.3, 0.4) is 0 Å². The summed E-state index contributed by atoms with van der Waals surface area (Å²) in [7, 11) is -0.956. The number of piperidine rings is 1. The van der Waals surface area contributed by atoms with Gasteiger partial charge in [-0.3, -0.25) is 52.2 Å². The minimum absolute atomic E-state index is 0.0463. The number of nitrogens with two attached hydrogens (primary N) is 1. The first-order valence-corrected chi connectivity index (χ1v) is 33.3. The van der Waals surface area contributed by atoms with Crippen LogP contribution in [0, 0.1) is 23.7 Å². The zero-order valence-corrected chi connectivity index (χ0v) is 54.0. The normalized spacial score (nSPS) is 24.7. The van der Waals surface area contributed by atoms with Crippen molar-refractivity contribution < 1.29 is 91.2 Å². The van der Waals surface area contributed by atoms with E-state index in [1.807, 2.05) is 0 Å². The molecule has 510 valence electrons. The van der Waals surface area contributed by atoms with E-state index in [0.717, 1.165) is 4.90 Å². The number of methoxy groups -OCH3 is 1. The molecule has 2 aromatic rings. The fourth-order valence-electron chi connectivity index (χ4n) is 11.4. The monoisotopic (exact) mass is 1330 g/mol. The van der Waals surface area contributed by atoms with E-state index in [2.05, 4.69) is 41.6 Å². The zero-order chi connectivity index (χ0) is 67.0. The van der Waals surface area contributed by atoms with Gasteiger partial charge < -0.3 is 86.1 Å². The van der Waals surface area contributed by atoms with Crippen LogP contribution in [0.1, 0.15) is 83.3 Å². The predicted octanol–water partition coefficient (Wildman–Crippen LogP) is -1.45. The molecule has 31 nitrogen and oxygen atoms in total. The Bertz CT molecular complexity index is 3000. The number of hydrogen-bond donors (Lipinski definition) is 10. The fourth-order valence-corrected chi connectivity index (χ4v) is 14.0. The summed E-state index contributed by atoms with van der Waals surface area (Å²) >= 11 is 1.58. The van der Waals surface area contributed by atoms with E-state index in [1.54, 1.807) is 42.6 Å². The highest BCUT2D eigenvalue weighted by Crippen LogP contribution is 2.39. The third-order valence-corrected chi connectivity index (χ3v) is 19.7. The van der Waals surface area contributed by atoms with Gasteiger partial charge in [0.1, 0.15) is 28.9 Å². The number of carbonyl (C=O) groups excluding carboxylic acids is 10. The van der Waals surface area contributed by atoms with Crippen molar-refractivity contribution >= 4 is 92.3 Å². The first-order valence-electron chi connectivity index (χ1n) is 30.9. The Kier molecular flexibility index (Phi) is 30.0. The van der Waals surface area contributed by atoms with Crippen LogP contribution >= 0.6 is 11.8 Å². The number of Topliss-reactive ketones (excluding diaryl/α,β-unsaturated/α-hetero) is 2. The lowest BCUT2D eigenvalue weighted by Crippen LogP contribution is -2.60. The minimum atomic E-state index is -2.42. The van der Waals surface area contributed by atoms with E-state index in [0.29, 0.717) is 94.2 Å². The molecule has 11 atom stereocenters. The number of aliphatic hydroxyl groups is 3. The smallest absolute Gasteiger partial charge is 0.246 e.